The van der Waals surface area contributed by atoms with Gasteiger partial charge in [-0.1, -0.05) is 0 Å². The van der Waals surface area contributed by atoms with Crippen molar-refractivity contribution in [3.63, 3.8) is 0 Å². The molecule has 0 aromatic heterocycles. The lowest BCUT2D eigenvalue weighted by Crippen LogP contribution is -2.57. The fourth-order valence-corrected chi connectivity index (χ4v) is 2.20. The Hall–Kier alpha value is -0.810. The van der Waals surface area contributed by atoms with Gasteiger partial charge in [0.1, 0.15) is 0 Å². The largest absolute Gasteiger partial charge is 0.441 e. The van der Waals surface area contributed by atoms with E-state index < -0.39 is 0 Å². The number of carbonyl (C=O) groups excluding carboxylic acids is 1. The average Bonchev–Trinajstić information content (AvgIpc) is 2.40. The van der Waals surface area contributed by atoms with Crippen LogP contribution in [0, 0.1) is 0 Å². The molecular formula is C9H15NO4. The maximum Gasteiger partial charge on any atom is 0.408 e. The summed E-state index contributed by atoms with van der Waals surface area (Å²) in [5.41, 5.74) is -0.366. The second-order valence-electron chi connectivity index (χ2n) is 4.08. The van der Waals surface area contributed by atoms with E-state index in [1.54, 1.807) is 7.11 Å². The van der Waals surface area contributed by atoms with E-state index in [2.05, 4.69) is 5.32 Å². The predicted molar refractivity (Wildman–Crippen MR) is 47.8 cm³/mol. The smallest absolute Gasteiger partial charge is 0.408 e. The van der Waals surface area contributed by atoms with Crippen LogP contribution in [0.25, 0.3) is 0 Å². The van der Waals surface area contributed by atoms with E-state index in [4.69, 9.17) is 14.2 Å². The molecule has 0 saturated carbocycles. The Morgan fingerprint density at radius 1 is 1.64 bits per heavy atom. The fourth-order valence-electron chi connectivity index (χ4n) is 2.20. The van der Waals surface area contributed by atoms with Crippen molar-refractivity contribution in [3.8, 4) is 0 Å². The number of hydrogen-bond donors (Lipinski definition) is 1. The van der Waals surface area contributed by atoms with Crippen molar-refractivity contribution in [1.29, 1.82) is 0 Å². The molecule has 5 heteroatoms. The molecule has 80 valence electrons. The van der Waals surface area contributed by atoms with Gasteiger partial charge in [0.25, 0.3) is 0 Å². The zero-order chi connectivity index (χ0) is 10.3. The first kappa shape index (κ1) is 9.73. The van der Waals surface area contributed by atoms with E-state index in [1.165, 1.54) is 0 Å². The Balaban J connectivity index is 2.18. The first-order chi connectivity index (χ1) is 6.55. The number of methoxy groups -OCH3 is 1. The quantitative estimate of drug-likeness (QED) is 0.676. The molecule has 2 aliphatic heterocycles. The number of amides is 1. The Morgan fingerprint density at radius 2 is 2.36 bits per heavy atom. The Morgan fingerprint density at radius 3 is 3.00 bits per heavy atom. The Bertz CT molecular complexity index is 257. The highest BCUT2D eigenvalue weighted by Crippen LogP contribution is 2.35. The molecule has 5 nitrogen and oxygen atoms in total. The molecule has 0 aromatic carbocycles. The van der Waals surface area contributed by atoms with E-state index in [1.807, 2.05) is 13.8 Å². The fraction of sp³-hybridized carbons (Fsp3) is 0.889. The van der Waals surface area contributed by atoms with Crippen LogP contribution in [0.15, 0.2) is 0 Å². The highest BCUT2D eigenvalue weighted by molar-refractivity contribution is 5.71. The van der Waals surface area contributed by atoms with Gasteiger partial charge in [0.05, 0.1) is 11.6 Å². The summed E-state index contributed by atoms with van der Waals surface area (Å²) in [6.45, 7) is 3.84. The summed E-state index contributed by atoms with van der Waals surface area (Å²) in [5.74, 6) is 0. The minimum atomic E-state index is -0.371. The van der Waals surface area contributed by atoms with Crippen molar-refractivity contribution >= 4 is 6.09 Å². The molecule has 0 aliphatic carbocycles. The van der Waals surface area contributed by atoms with Crippen LogP contribution in [0.5, 0.6) is 0 Å². The van der Waals surface area contributed by atoms with Crippen molar-refractivity contribution in [1.82, 2.24) is 5.32 Å². The molecule has 2 aliphatic rings. The number of ether oxygens (including phenoxy) is 3. The molecular weight excluding hydrogens is 186 g/mol. The summed E-state index contributed by atoms with van der Waals surface area (Å²) in [4.78, 5) is 11.1. The van der Waals surface area contributed by atoms with Crippen LogP contribution in [0.2, 0.25) is 0 Å². The summed E-state index contributed by atoms with van der Waals surface area (Å²) in [6.07, 6.45) is -0.387. The molecule has 0 unspecified atom stereocenters. The van der Waals surface area contributed by atoms with Crippen molar-refractivity contribution in [2.24, 2.45) is 0 Å². The van der Waals surface area contributed by atoms with Crippen LogP contribution in [0.1, 0.15) is 20.3 Å². The van der Waals surface area contributed by atoms with Crippen molar-refractivity contribution in [2.45, 2.75) is 44.3 Å². The molecule has 1 amide bonds. The van der Waals surface area contributed by atoms with Gasteiger partial charge in [0.2, 0.25) is 0 Å². The molecule has 2 fully saturated rings. The third kappa shape index (κ3) is 1.36. The highest BCUT2D eigenvalue weighted by atomic mass is 16.7. The minimum Gasteiger partial charge on any atom is -0.441 e. The van der Waals surface area contributed by atoms with E-state index in [0.29, 0.717) is 6.42 Å². The minimum absolute atomic E-state index is 0.141. The molecule has 2 heterocycles. The van der Waals surface area contributed by atoms with E-state index in [0.717, 1.165) is 0 Å². The van der Waals surface area contributed by atoms with Gasteiger partial charge < -0.3 is 19.5 Å². The summed E-state index contributed by atoms with van der Waals surface area (Å²) < 4.78 is 15.8. The molecule has 1 N–H and O–H groups in total. The predicted octanol–water partition coefficient (Wildman–Crippen LogP) is 0.635. The normalized spacial score (nSPS) is 46.8. The second kappa shape index (κ2) is 3.10. The van der Waals surface area contributed by atoms with Crippen molar-refractivity contribution in [3.05, 3.63) is 0 Å². The topological polar surface area (TPSA) is 56.8 Å². The number of hydrogen-bond acceptors (Lipinski definition) is 4. The Kier molecular flexibility index (Phi) is 2.16. The van der Waals surface area contributed by atoms with Gasteiger partial charge in [0, 0.05) is 13.5 Å². The number of nitrogens with one attached hydrogen (secondary N) is 1. The Labute approximate surface area is 82.7 Å². The van der Waals surface area contributed by atoms with Gasteiger partial charge in [0.15, 0.2) is 12.4 Å². The van der Waals surface area contributed by atoms with Gasteiger partial charge >= 0.3 is 6.09 Å². The SMILES string of the molecule is CO[C@H]1C[C@]2(C)NC(=O)O[C@@H]2[C@H](C)O1. The monoisotopic (exact) mass is 201 g/mol. The molecule has 14 heavy (non-hydrogen) atoms. The van der Waals surface area contributed by atoms with Crippen molar-refractivity contribution in [2.75, 3.05) is 7.11 Å². The zero-order valence-corrected chi connectivity index (χ0v) is 8.57. The molecule has 0 aromatic rings. The van der Waals surface area contributed by atoms with Gasteiger partial charge in [-0.2, -0.15) is 0 Å². The van der Waals surface area contributed by atoms with Crippen LogP contribution in [0.3, 0.4) is 0 Å². The maximum atomic E-state index is 11.1. The molecule has 0 spiro atoms. The van der Waals surface area contributed by atoms with E-state index in [9.17, 15) is 4.79 Å². The van der Waals surface area contributed by atoms with Crippen LogP contribution in [-0.2, 0) is 14.2 Å². The van der Waals surface area contributed by atoms with Crippen LogP contribution in [-0.4, -0.2) is 37.2 Å². The number of fused-ring (bicyclic) bond motifs is 1. The molecule has 2 rings (SSSR count). The van der Waals surface area contributed by atoms with E-state index in [-0.39, 0.29) is 30.1 Å². The number of rotatable bonds is 1. The summed E-state index contributed by atoms with van der Waals surface area (Å²) in [7, 11) is 1.60. The lowest BCUT2D eigenvalue weighted by Gasteiger charge is -2.40. The zero-order valence-electron chi connectivity index (χ0n) is 8.57. The third-order valence-electron chi connectivity index (χ3n) is 2.90. The van der Waals surface area contributed by atoms with Gasteiger partial charge in [-0.15, -0.1) is 0 Å². The standard InChI is InChI=1S/C9H15NO4/c1-5-7-9(2,10-8(11)14-7)4-6(12-3)13-5/h5-7H,4H2,1-3H3,(H,10,11)/t5-,6+,7+,9-/m0/s1. The summed E-state index contributed by atoms with van der Waals surface area (Å²) >= 11 is 0. The molecule has 0 radical (unpaired) electrons. The second-order valence-corrected chi connectivity index (χ2v) is 4.08. The van der Waals surface area contributed by atoms with Crippen LogP contribution < -0.4 is 5.32 Å². The van der Waals surface area contributed by atoms with Gasteiger partial charge in [-0.05, 0) is 13.8 Å². The van der Waals surface area contributed by atoms with E-state index >= 15 is 0 Å². The van der Waals surface area contributed by atoms with Crippen LogP contribution >= 0.6 is 0 Å². The first-order valence-electron chi connectivity index (χ1n) is 4.72. The van der Waals surface area contributed by atoms with Gasteiger partial charge in [-0.25, -0.2) is 4.79 Å². The first-order valence-corrected chi connectivity index (χ1v) is 4.72. The lowest BCUT2D eigenvalue weighted by atomic mass is 9.86. The van der Waals surface area contributed by atoms with Crippen molar-refractivity contribution < 1.29 is 19.0 Å². The number of carbonyl (C=O) groups is 1. The summed E-state index contributed by atoms with van der Waals surface area (Å²) in [5, 5.41) is 2.81. The van der Waals surface area contributed by atoms with Gasteiger partial charge in [-0.3, -0.25) is 0 Å². The van der Waals surface area contributed by atoms with Crippen LogP contribution in [0.4, 0.5) is 4.79 Å². The summed E-state index contributed by atoms with van der Waals surface area (Å²) in [6, 6.07) is 0. The molecule has 4 atom stereocenters. The lowest BCUT2D eigenvalue weighted by molar-refractivity contribution is -0.218. The number of alkyl carbamates (subject to hydrolysis) is 1. The molecule has 0 bridgehead atoms. The third-order valence-corrected chi connectivity index (χ3v) is 2.90. The average molecular weight is 201 g/mol. The maximum absolute atomic E-state index is 11.1. The highest BCUT2D eigenvalue weighted by Gasteiger charge is 2.53. The molecule has 2 saturated heterocycles.